The number of nitrogen functional groups attached to an aromatic ring is 1. The Labute approximate surface area is 95.7 Å². The highest BCUT2D eigenvalue weighted by atomic mass is 19.1. The minimum atomic E-state index is -0.342. The molecule has 0 fully saturated rings. The molecule has 16 heavy (non-hydrogen) atoms. The van der Waals surface area contributed by atoms with Gasteiger partial charge in [0, 0.05) is 13.6 Å². The fraction of sp³-hybridized carbons (Fsp3) is 0.500. The van der Waals surface area contributed by atoms with E-state index < -0.39 is 0 Å². The van der Waals surface area contributed by atoms with Gasteiger partial charge in [0.15, 0.2) is 0 Å². The van der Waals surface area contributed by atoms with Gasteiger partial charge in [0.2, 0.25) is 0 Å². The Kier molecular flexibility index (Phi) is 4.12. The summed E-state index contributed by atoms with van der Waals surface area (Å²) < 4.78 is 13.2. The van der Waals surface area contributed by atoms with Gasteiger partial charge < -0.3 is 15.7 Å². The number of anilines is 2. The summed E-state index contributed by atoms with van der Waals surface area (Å²) in [6, 6.07) is 3.07. The average Bonchev–Trinajstić information content (AvgIpc) is 2.20. The highest BCUT2D eigenvalue weighted by molar-refractivity contribution is 5.68. The zero-order valence-corrected chi connectivity index (χ0v) is 10.00. The van der Waals surface area contributed by atoms with Crippen molar-refractivity contribution in [3.05, 3.63) is 23.5 Å². The van der Waals surface area contributed by atoms with E-state index in [9.17, 15) is 9.50 Å². The van der Waals surface area contributed by atoms with E-state index in [1.165, 1.54) is 6.07 Å². The first kappa shape index (κ1) is 12.8. The van der Waals surface area contributed by atoms with Crippen molar-refractivity contribution in [2.45, 2.75) is 26.4 Å². The summed E-state index contributed by atoms with van der Waals surface area (Å²) in [5, 5.41) is 9.20. The van der Waals surface area contributed by atoms with Crippen molar-refractivity contribution in [3.63, 3.8) is 0 Å². The smallest absolute Gasteiger partial charge is 0.128 e. The number of hydrogen-bond acceptors (Lipinski definition) is 3. The fourth-order valence-corrected chi connectivity index (χ4v) is 1.51. The van der Waals surface area contributed by atoms with E-state index in [1.807, 2.05) is 11.9 Å². The first-order valence-corrected chi connectivity index (χ1v) is 5.36. The fourth-order valence-electron chi connectivity index (χ4n) is 1.51. The predicted molar refractivity (Wildman–Crippen MR) is 65.1 cm³/mol. The lowest BCUT2D eigenvalue weighted by Crippen LogP contribution is -2.23. The van der Waals surface area contributed by atoms with Crippen LogP contribution in [0, 0.1) is 12.7 Å². The number of rotatable bonds is 4. The molecule has 0 bridgehead atoms. The van der Waals surface area contributed by atoms with Crippen molar-refractivity contribution in [1.29, 1.82) is 0 Å². The molecule has 0 aliphatic carbocycles. The van der Waals surface area contributed by atoms with Crippen LogP contribution in [0.5, 0.6) is 0 Å². The maximum atomic E-state index is 13.2. The van der Waals surface area contributed by atoms with E-state index >= 15 is 0 Å². The number of aliphatic hydroxyl groups is 1. The SMILES string of the molecule is Cc1cc(N(C)CCC(C)O)c(N)cc1F. The van der Waals surface area contributed by atoms with Crippen LogP contribution in [0.25, 0.3) is 0 Å². The summed E-state index contributed by atoms with van der Waals surface area (Å²) in [4.78, 5) is 1.93. The molecule has 90 valence electrons. The molecule has 4 heteroatoms. The van der Waals surface area contributed by atoms with Crippen molar-refractivity contribution in [1.82, 2.24) is 0 Å². The van der Waals surface area contributed by atoms with Crippen LogP contribution < -0.4 is 10.6 Å². The molecule has 1 rings (SSSR count). The van der Waals surface area contributed by atoms with Gasteiger partial charge in [0.1, 0.15) is 5.82 Å². The third-order valence-corrected chi connectivity index (χ3v) is 2.60. The summed E-state index contributed by atoms with van der Waals surface area (Å²) in [6.07, 6.45) is 0.317. The lowest BCUT2D eigenvalue weighted by Gasteiger charge is -2.22. The zero-order valence-electron chi connectivity index (χ0n) is 10.00. The second-order valence-corrected chi connectivity index (χ2v) is 4.22. The van der Waals surface area contributed by atoms with E-state index in [2.05, 4.69) is 0 Å². The monoisotopic (exact) mass is 226 g/mol. The quantitative estimate of drug-likeness (QED) is 0.771. The molecular weight excluding hydrogens is 207 g/mol. The van der Waals surface area contributed by atoms with Gasteiger partial charge in [-0.25, -0.2) is 4.39 Å². The lowest BCUT2D eigenvalue weighted by atomic mass is 10.1. The van der Waals surface area contributed by atoms with Gasteiger partial charge in [-0.05, 0) is 38.0 Å². The van der Waals surface area contributed by atoms with Crippen LogP contribution in [-0.4, -0.2) is 24.8 Å². The minimum absolute atomic E-state index is 0.287. The van der Waals surface area contributed by atoms with E-state index in [-0.39, 0.29) is 11.9 Å². The normalized spacial score (nSPS) is 12.6. The van der Waals surface area contributed by atoms with Crippen molar-refractivity contribution >= 4 is 11.4 Å². The Morgan fingerprint density at radius 2 is 2.12 bits per heavy atom. The summed E-state index contributed by atoms with van der Waals surface area (Å²) in [5.41, 5.74) is 7.56. The van der Waals surface area contributed by atoms with Crippen molar-refractivity contribution in [2.75, 3.05) is 24.2 Å². The molecule has 1 atom stereocenters. The number of nitrogens with zero attached hydrogens (tertiary/aromatic N) is 1. The summed E-state index contributed by atoms with van der Waals surface area (Å²) in [7, 11) is 1.88. The highest BCUT2D eigenvalue weighted by Crippen LogP contribution is 2.25. The van der Waals surface area contributed by atoms with Gasteiger partial charge in [0.25, 0.3) is 0 Å². The Hall–Kier alpha value is -1.29. The predicted octanol–water partition coefficient (Wildman–Crippen LogP) is 1.92. The van der Waals surface area contributed by atoms with E-state index in [1.54, 1.807) is 19.9 Å². The summed E-state index contributed by atoms with van der Waals surface area (Å²) >= 11 is 0. The molecule has 0 radical (unpaired) electrons. The molecule has 1 unspecified atom stereocenters. The molecule has 0 aliphatic heterocycles. The maximum absolute atomic E-state index is 13.2. The van der Waals surface area contributed by atoms with Crippen LogP contribution in [0.15, 0.2) is 12.1 Å². The molecule has 3 N–H and O–H groups in total. The molecule has 1 aromatic rings. The zero-order chi connectivity index (χ0) is 12.3. The van der Waals surface area contributed by atoms with Crippen LogP contribution in [0.4, 0.5) is 15.8 Å². The van der Waals surface area contributed by atoms with Crippen molar-refractivity contribution in [2.24, 2.45) is 0 Å². The van der Waals surface area contributed by atoms with Crippen LogP contribution in [-0.2, 0) is 0 Å². The largest absolute Gasteiger partial charge is 0.397 e. The Balaban J connectivity index is 2.82. The molecule has 0 spiro atoms. The number of nitrogens with two attached hydrogens (primary N) is 1. The van der Waals surface area contributed by atoms with Crippen LogP contribution in [0.3, 0.4) is 0 Å². The maximum Gasteiger partial charge on any atom is 0.128 e. The third kappa shape index (κ3) is 3.10. The number of benzene rings is 1. The van der Waals surface area contributed by atoms with Crippen molar-refractivity contribution in [3.8, 4) is 0 Å². The Bertz CT molecular complexity index is 366. The molecule has 1 aromatic carbocycles. The summed E-state index contributed by atoms with van der Waals surface area (Å²) in [6.45, 7) is 4.14. The molecule has 3 nitrogen and oxygen atoms in total. The van der Waals surface area contributed by atoms with Crippen LogP contribution in [0.2, 0.25) is 0 Å². The molecule has 0 saturated heterocycles. The molecule has 0 amide bonds. The number of halogens is 1. The number of aliphatic hydroxyl groups excluding tert-OH is 1. The van der Waals surface area contributed by atoms with Gasteiger partial charge in [-0.3, -0.25) is 0 Å². The standard InChI is InChI=1S/C12H19FN2O/c1-8-6-12(11(14)7-10(8)13)15(3)5-4-9(2)16/h6-7,9,16H,4-5,14H2,1-3H3. The molecule has 0 aliphatic rings. The third-order valence-electron chi connectivity index (χ3n) is 2.60. The van der Waals surface area contributed by atoms with Crippen LogP contribution >= 0.6 is 0 Å². The van der Waals surface area contributed by atoms with E-state index in [4.69, 9.17) is 5.73 Å². The highest BCUT2D eigenvalue weighted by Gasteiger charge is 2.09. The summed E-state index contributed by atoms with van der Waals surface area (Å²) in [5.74, 6) is -0.287. The lowest BCUT2D eigenvalue weighted by molar-refractivity contribution is 0.187. The van der Waals surface area contributed by atoms with Gasteiger partial charge in [0.05, 0.1) is 17.5 Å². The second-order valence-electron chi connectivity index (χ2n) is 4.22. The van der Waals surface area contributed by atoms with Crippen LogP contribution in [0.1, 0.15) is 18.9 Å². The van der Waals surface area contributed by atoms with Gasteiger partial charge in [-0.1, -0.05) is 0 Å². The number of hydrogen-bond donors (Lipinski definition) is 2. The minimum Gasteiger partial charge on any atom is -0.397 e. The topological polar surface area (TPSA) is 49.5 Å². The van der Waals surface area contributed by atoms with E-state index in [0.29, 0.717) is 24.2 Å². The average molecular weight is 226 g/mol. The van der Waals surface area contributed by atoms with Gasteiger partial charge >= 0.3 is 0 Å². The first-order chi connectivity index (χ1) is 7.41. The Morgan fingerprint density at radius 1 is 1.50 bits per heavy atom. The Morgan fingerprint density at radius 3 is 2.69 bits per heavy atom. The first-order valence-electron chi connectivity index (χ1n) is 5.36. The van der Waals surface area contributed by atoms with Gasteiger partial charge in [-0.15, -0.1) is 0 Å². The van der Waals surface area contributed by atoms with Crippen molar-refractivity contribution < 1.29 is 9.50 Å². The molecular formula is C12H19FN2O. The van der Waals surface area contributed by atoms with Gasteiger partial charge in [-0.2, -0.15) is 0 Å². The molecule has 0 saturated carbocycles. The second kappa shape index (κ2) is 5.16. The van der Waals surface area contributed by atoms with E-state index in [0.717, 1.165) is 5.69 Å². The molecule has 0 aromatic heterocycles. The molecule has 0 heterocycles. The number of aryl methyl sites for hydroxylation is 1.